The number of aliphatic hydroxyl groups is 1. The van der Waals surface area contributed by atoms with E-state index in [9.17, 15) is 14.2 Å². The largest absolute Gasteiger partial charge is 0.369 e. The van der Waals surface area contributed by atoms with E-state index in [1.165, 1.54) is 0 Å². The minimum atomic E-state index is -5.33. The highest BCUT2D eigenvalue weighted by Crippen LogP contribution is 2.70. The van der Waals surface area contributed by atoms with Crippen molar-refractivity contribution in [2.45, 2.75) is 37.2 Å². The molecule has 1 aliphatic rings. The Balaban J connectivity index is 2.82. The number of hydrogen-bond acceptors (Lipinski definition) is 4. The molecule has 0 amide bonds. The monoisotopic (exact) mass is 317 g/mol. The van der Waals surface area contributed by atoms with E-state index >= 15 is 0 Å². The second kappa shape index (κ2) is 5.92. The van der Waals surface area contributed by atoms with Crippen LogP contribution >= 0.6 is 15.2 Å². The van der Waals surface area contributed by atoms with Crippen LogP contribution in [0.4, 0.5) is 0 Å². The van der Waals surface area contributed by atoms with Crippen LogP contribution in [0.3, 0.4) is 0 Å². The Kier molecular flexibility index (Phi) is 5.38. The molecule has 1 fully saturated rings. The van der Waals surface area contributed by atoms with E-state index in [0.717, 1.165) is 12.8 Å². The van der Waals surface area contributed by atoms with Gasteiger partial charge in [-0.2, -0.15) is 0 Å². The van der Waals surface area contributed by atoms with Crippen LogP contribution in [0.2, 0.25) is 0 Å². The van der Waals surface area contributed by atoms with Gasteiger partial charge >= 0.3 is 15.2 Å². The summed E-state index contributed by atoms with van der Waals surface area (Å²) in [6.07, 6.45) is 1.96. The van der Waals surface area contributed by atoms with Crippen molar-refractivity contribution in [1.82, 2.24) is 0 Å². The molecule has 19 heavy (non-hydrogen) atoms. The molecule has 0 aromatic carbocycles. The van der Waals surface area contributed by atoms with Gasteiger partial charge in [-0.15, -0.1) is 0 Å². The number of hydrogen-bond donors (Lipinski definition) is 6. The fourth-order valence-corrected chi connectivity index (χ4v) is 4.82. The van der Waals surface area contributed by atoms with E-state index in [0.29, 0.717) is 25.3 Å². The molecule has 0 saturated heterocycles. The molecule has 0 unspecified atom stereocenters. The van der Waals surface area contributed by atoms with Gasteiger partial charge in [0, 0.05) is 6.42 Å². The quantitative estimate of drug-likeness (QED) is 0.390. The van der Waals surface area contributed by atoms with Crippen LogP contribution in [-0.4, -0.2) is 36.3 Å². The Morgan fingerprint density at radius 1 is 0.947 bits per heavy atom. The van der Waals surface area contributed by atoms with Crippen molar-refractivity contribution in [3.8, 4) is 0 Å². The Labute approximate surface area is 111 Å². The Morgan fingerprint density at radius 3 is 1.63 bits per heavy atom. The molecule has 114 valence electrons. The molecular formula is C9H21NO7P2. The van der Waals surface area contributed by atoms with E-state index in [4.69, 9.17) is 25.3 Å². The smallest absolute Gasteiger partial charge is 0.368 e. The summed E-state index contributed by atoms with van der Waals surface area (Å²) in [6, 6.07) is 0. The maximum Gasteiger partial charge on any atom is 0.369 e. The molecule has 0 heterocycles. The summed E-state index contributed by atoms with van der Waals surface area (Å²) >= 11 is 0. The van der Waals surface area contributed by atoms with Crippen LogP contribution in [0.5, 0.6) is 0 Å². The topological polar surface area (TPSA) is 161 Å². The average molecular weight is 317 g/mol. The lowest BCUT2D eigenvalue weighted by Gasteiger charge is -2.35. The molecule has 0 spiro atoms. The highest BCUT2D eigenvalue weighted by molar-refractivity contribution is 7.72. The number of rotatable bonds is 5. The highest BCUT2D eigenvalue weighted by Gasteiger charge is 2.59. The van der Waals surface area contributed by atoms with Crippen molar-refractivity contribution in [3.05, 3.63) is 0 Å². The van der Waals surface area contributed by atoms with Crippen LogP contribution in [0.15, 0.2) is 0 Å². The predicted octanol–water partition coefficient (Wildman–Crippen LogP) is 0.143. The first-order valence-corrected chi connectivity index (χ1v) is 9.27. The van der Waals surface area contributed by atoms with Gasteiger partial charge in [0.1, 0.15) is 0 Å². The molecule has 1 rings (SSSR count). The first kappa shape index (κ1) is 17.3. The van der Waals surface area contributed by atoms with Gasteiger partial charge in [0.15, 0.2) is 0 Å². The Bertz CT molecular complexity index is 373. The van der Waals surface area contributed by atoms with Crippen molar-refractivity contribution < 1.29 is 33.8 Å². The van der Waals surface area contributed by atoms with Gasteiger partial charge in [-0.05, 0) is 44.1 Å². The molecule has 0 bridgehead atoms. The van der Waals surface area contributed by atoms with Gasteiger partial charge in [0.2, 0.25) is 0 Å². The summed E-state index contributed by atoms with van der Waals surface area (Å²) in [5, 5.41) is 6.53. The fourth-order valence-electron chi connectivity index (χ4n) is 2.47. The molecule has 0 radical (unpaired) electrons. The summed E-state index contributed by atoms with van der Waals surface area (Å²) in [4.78, 5) is 36.2. The zero-order chi connectivity index (χ0) is 14.9. The minimum Gasteiger partial charge on any atom is -0.368 e. The average Bonchev–Trinajstić information content (AvgIpc) is 2.27. The first-order chi connectivity index (χ1) is 8.51. The first-order valence-electron chi connectivity index (χ1n) is 6.05. The van der Waals surface area contributed by atoms with Crippen LogP contribution < -0.4 is 5.73 Å². The molecule has 0 atom stereocenters. The van der Waals surface area contributed by atoms with E-state index in [-0.39, 0.29) is 5.92 Å². The van der Waals surface area contributed by atoms with Crippen LogP contribution in [0.25, 0.3) is 0 Å². The van der Waals surface area contributed by atoms with Gasteiger partial charge in [-0.3, -0.25) is 9.13 Å². The predicted molar refractivity (Wildman–Crippen MR) is 68.2 cm³/mol. The molecule has 0 aromatic rings. The SMILES string of the molecule is NCC1CCC(CC(O)(P(=O)(O)O)P(=O)(O)O)CC1. The van der Waals surface area contributed by atoms with Crippen molar-refractivity contribution in [2.24, 2.45) is 17.6 Å². The van der Waals surface area contributed by atoms with Crippen molar-refractivity contribution in [2.75, 3.05) is 6.54 Å². The summed E-state index contributed by atoms with van der Waals surface area (Å²) in [5.74, 6) is 0.00232. The number of nitrogens with two attached hydrogens (primary N) is 1. The summed E-state index contributed by atoms with van der Waals surface area (Å²) in [7, 11) is -10.7. The summed E-state index contributed by atoms with van der Waals surface area (Å²) in [5.41, 5.74) is 5.52. The Morgan fingerprint density at radius 2 is 1.32 bits per heavy atom. The molecule has 7 N–H and O–H groups in total. The third-order valence-electron chi connectivity index (χ3n) is 3.80. The third-order valence-corrected chi connectivity index (χ3v) is 7.59. The van der Waals surface area contributed by atoms with E-state index in [1.807, 2.05) is 0 Å². The van der Waals surface area contributed by atoms with Crippen molar-refractivity contribution in [3.63, 3.8) is 0 Å². The second-order valence-electron chi connectivity index (χ2n) is 5.19. The molecule has 8 nitrogen and oxygen atoms in total. The molecule has 10 heteroatoms. The fraction of sp³-hybridized carbons (Fsp3) is 1.00. The van der Waals surface area contributed by atoms with Gasteiger partial charge in [-0.25, -0.2) is 0 Å². The zero-order valence-electron chi connectivity index (χ0n) is 10.4. The third kappa shape index (κ3) is 3.86. The van der Waals surface area contributed by atoms with E-state index < -0.39 is 26.7 Å². The lowest BCUT2D eigenvalue weighted by atomic mass is 9.80. The van der Waals surface area contributed by atoms with Crippen molar-refractivity contribution >= 4 is 15.2 Å². The molecule has 1 aliphatic carbocycles. The van der Waals surface area contributed by atoms with Gasteiger partial charge in [0.05, 0.1) is 0 Å². The molecular weight excluding hydrogens is 296 g/mol. The van der Waals surface area contributed by atoms with Gasteiger partial charge < -0.3 is 30.4 Å². The minimum absolute atomic E-state index is 0.326. The highest BCUT2D eigenvalue weighted by atomic mass is 31.2. The lowest BCUT2D eigenvalue weighted by Crippen LogP contribution is -2.33. The van der Waals surface area contributed by atoms with Crippen molar-refractivity contribution in [1.29, 1.82) is 0 Å². The zero-order valence-corrected chi connectivity index (χ0v) is 12.2. The van der Waals surface area contributed by atoms with E-state index in [2.05, 4.69) is 0 Å². The second-order valence-corrected chi connectivity index (χ2v) is 9.20. The lowest BCUT2D eigenvalue weighted by molar-refractivity contribution is 0.0943. The van der Waals surface area contributed by atoms with Crippen LogP contribution in [0.1, 0.15) is 32.1 Å². The standard InChI is InChI=1S/C9H21NO7P2/c10-6-8-3-1-7(2-4-8)5-9(11,18(12,13)14)19(15,16)17/h7-8,11H,1-6,10H2,(H2,12,13,14)(H2,15,16,17). The van der Waals surface area contributed by atoms with Gasteiger partial charge in [-0.1, -0.05) is 0 Å². The molecule has 1 saturated carbocycles. The normalized spacial score (nSPS) is 26.4. The van der Waals surface area contributed by atoms with Gasteiger partial charge in [0.25, 0.3) is 5.08 Å². The summed E-state index contributed by atoms with van der Waals surface area (Å²) in [6.45, 7) is 0.522. The molecule has 0 aliphatic heterocycles. The van der Waals surface area contributed by atoms with Crippen LogP contribution in [0, 0.1) is 11.8 Å². The van der Waals surface area contributed by atoms with E-state index in [1.54, 1.807) is 0 Å². The maximum absolute atomic E-state index is 11.2. The molecule has 0 aromatic heterocycles. The summed E-state index contributed by atoms with van der Waals surface area (Å²) < 4.78 is 22.5. The van der Waals surface area contributed by atoms with Crippen LogP contribution in [-0.2, 0) is 9.13 Å². The maximum atomic E-state index is 11.2. The Hall–Kier alpha value is 0.220.